The molecular weight excluding hydrogens is 382 g/mol. The molecule has 0 aliphatic heterocycles. The number of nitrogens with zero attached hydrogens (tertiary/aromatic N) is 3. The van der Waals surface area contributed by atoms with Crippen LogP contribution < -0.4 is 11.1 Å². The number of carbonyl (C=O) groups excluding carboxylic acids is 2. The van der Waals surface area contributed by atoms with Gasteiger partial charge in [-0.15, -0.1) is 0 Å². The van der Waals surface area contributed by atoms with Crippen LogP contribution in [0.2, 0.25) is 5.02 Å². The number of hydrogen-bond donors (Lipinski definition) is 2. The second kappa shape index (κ2) is 7.43. The molecule has 0 saturated heterocycles. The molecule has 0 spiro atoms. The summed E-state index contributed by atoms with van der Waals surface area (Å²) in [5.74, 6) is -0.344. The van der Waals surface area contributed by atoms with Crippen molar-refractivity contribution in [3.8, 4) is 5.69 Å². The van der Waals surface area contributed by atoms with Crippen LogP contribution in [0.15, 0.2) is 30.6 Å². The molecule has 1 heterocycles. The first kappa shape index (κ1) is 20.1. The molecular formula is C19H24ClN5O3. The smallest absolute Gasteiger partial charge is 0.405 e. The van der Waals surface area contributed by atoms with Crippen LogP contribution in [0.3, 0.4) is 0 Å². The van der Waals surface area contributed by atoms with Crippen LogP contribution in [-0.4, -0.2) is 38.6 Å². The van der Waals surface area contributed by atoms with Crippen LogP contribution in [0.4, 0.5) is 4.79 Å². The second-order valence-electron chi connectivity index (χ2n) is 7.96. The van der Waals surface area contributed by atoms with Crippen molar-refractivity contribution in [3.63, 3.8) is 0 Å². The van der Waals surface area contributed by atoms with Crippen molar-refractivity contribution in [1.82, 2.24) is 20.3 Å². The SMILES string of the molecule is CC(C)(C)[C@@]1(OC(N)=O)CCC[C@@H]1NC(=O)c1cc(Cl)ccc1-n1nccn1. The summed E-state index contributed by atoms with van der Waals surface area (Å²) in [6.07, 6.45) is 4.30. The van der Waals surface area contributed by atoms with Crippen LogP contribution in [0, 0.1) is 5.41 Å². The van der Waals surface area contributed by atoms with Crippen molar-refractivity contribution in [2.45, 2.75) is 51.7 Å². The maximum atomic E-state index is 13.2. The van der Waals surface area contributed by atoms with E-state index in [-0.39, 0.29) is 11.9 Å². The Bertz CT molecular complexity index is 878. The van der Waals surface area contributed by atoms with E-state index >= 15 is 0 Å². The molecule has 0 bridgehead atoms. The van der Waals surface area contributed by atoms with E-state index in [9.17, 15) is 9.59 Å². The normalized spacial score (nSPS) is 22.1. The summed E-state index contributed by atoms with van der Waals surface area (Å²) in [6, 6.07) is 4.54. The first-order chi connectivity index (χ1) is 13.1. The fourth-order valence-electron chi connectivity index (χ4n) is 3.96. The average molecular weight is 406 g/mol. The lowest BCUT2D eigenvalue weighted by Crippen LogP contribution is -2.59. The number of halogens is 1. The van der Waals surface area contributed by atoms with E-state index in [1.807, 2.05) is 20.8 Å². The number of benzene rings is 1. The lowest BCUT2D eigenvalue weighted by molar-refractivity contribution is -0.0758. The highest BCUT2D eigenvalue weighted by atomic mass is 35.5. The molecule has 2 atom stereocenters. The summed E-state index contributed by atoms with van der Waals surface area (Å²) in [5, 5.41) is 11.6. The molecule has 0 unspecified atom stereocenters. The van der Waals surface area contributed by atoms with Gasteiger partial charge in [-0.3, -0.25) is 4.79 Å². The van der Waals surface area contributed by atoms with Gasteiger partial charge in [0.05, 0.1) is 29.7 Å². The molecule has 1 fully saturated rings. The summed E-state index contributed by atoms with van der Waals surface area (Å²) in [7, 11) is 0. The third kappa shape index (κ3) is 3.69. The molecule has 0 radical (unpaired) electrons. The van der Waals surface area contributed by atoms with Crippen molar-refractivity contribution < 1.29 is 14.3 Å². The second-order valence-corrected chi connectivity index (χ2v) is 8.40. The highest BCUT2D eigenvalue weighted by Crippen LogP contribution is 2.46. The van der Waals surface area contributed by atoms with Gasteiger partial charge in [-0.25, -0.2) is 4.79 Å². The Balaban J connectivity index is 1.94. The third-order valence-corrected chi connectivity index (χ3v) is 5.53. The molecule has 1 aromatic carbocycles. The Morgan fingerprint density at radius 1 is 1.32 bits per heavy atom. The lowest BCUT2D eigenvalue weighted by Gasteiger charge is -2.45. The summed E-state index contributed by atoms with van der Waals surface area (Å²) in [4.78, 5) is 26.1. The molecule has 3 rings (SSSR count). The summed E-state index contributed by atoms with van der Waals surface area (Å²) in [6.45, 7) is 5.91. The molecule has 3 N–H and O–H groups in total. The van der Waals surface area contributed by atoms with E-state index in [1.165, 1.54) is 17.2 Å². The third-order valence-electron chi connectivity index (χ3n) is 5.30. The largest absolute Gasteiger partial charge is 0.440 e. The van der Waals surface area contributed by atoms with Gasteiger partial charge in [-0.1, -0.05) is 32.4 Å². The minimum atomic E-state index is -0.892. The van der Waals surface area contributed by atoms with Gasteiger partial charge in [0.25, 0.3) is 5.91 Å². The van der Waals surface area contributed by atoms with Gasteiger partial charge in [0, 0.05) is 10.4 Å². The number of amides is 2. The number of hydrogen-bond acceptors (Lipinski definition) is 5. The zero-order valence-corrected chi connectivity index (χ0v) is 16.9. The summed E-state index contributed by atoms with van der Waals surface area (Å²) < 4.78 is 5.61. The monoisotopic (exact) mass is 405 g/mol. The predicted molar refractivity (Wildman–Crippen MR) is 104 cm³/mol. The molecule has 2 amide bonds. The predicted octanol–water partition coefficient (Wildman–Crippen LogP) is 3.08. The van der Waals surface area contributed by atoms with Gasteiger partial charge in [-0.2, -0.15) is 15.0 Å². The molecule has 2 aromatic rings. The van der Waals surface area contributed by atoms with Crippen molar-refractivity contribution in [1.29, 1.82) is 0 Å². The Labute approximate surface area is 168 Å². The molecule has 1 saturated carbocycles. The quantitative estimate of drug-likeness (QED) is 0.811. The Morgan fingerprint density at radius 2 is 2.00 bits per heavy atom. The van der Waals surface area contributed by atoms with Crippen molar-refractivity contribution in [2.24, 2.45) is 11.1 Å². The molecule has 28 heavy (non-hydrogen) atoms. The molecule has 1 aliphatic rings. The Kier molecular flexibility index (Phi) is 5.34. The minimum absolute atomic E-state index is 0.331. The van der Waals surface area contributed by atoms with Gasteiger partial charge >= 0.3 is 6.09 Å². The lowest BCUT2D eigenvalue weighted by atomic mass is 9.72. The van der Waals surface area contributed by atoms with Gasteiger partial charge in [0.1, 0.15) is 5.60 Å². The van der Waals surface area contributed by atoms with Crippen LogP contribution >= 0.6 is 11.6 Å². The fraction of sp³-hybridized carbons (Fsp3) is 0.474. The van der Waals surface area contributed by atoms with Crippen molar-refractivity contribution in [3.05, 3.63) is 41.2 Å². The zero-order chi connectivity index (χ0) is 20.5. The van der Waals surface area contributed by atoms with Crippen molar-refractivity contribution >= 4 is 23.6 Å². The maximum Gasteiger partial charge on any atom is 0.405 e. The van der Waals surface area contributed by atoms with Crippen molar-refractivity contribution in [2.75, 3.05) is 0 Å². The van der Waals surface area contributed by atoms with E-state index in [1.54, 1.807) is 18.2 Å². The van der Waals surface area contributed by atoms with Gasteiger partial charge in [0.2, 0.25) is 0 Å². The van der Waals surface area contributed by atoms with Gasteiger partial charge in [-0.05, 0) is 37.5 Å². The van der Waals surface area contributed by atoms with E-state index in [4.69, 9.17) is 22.1 Å². The van der Waals surface area contributed by atoms with Crippen LogP contribution in [0.25, 0.3) is 5.69 Å². The number of aromatic nitrogens is 3. The summed E-state index contributed by atoms with van der Waals surface area (Å²) in [5.41, 5.74) is 4.88. The van der Waals surface area contributed by atoms with E-state index in [2.05, 4.69) is 15.5 Å². The van der Waals surface area contributed by atoms with E-state index in [0.717, 1.165) is 6.42 Å². The highest BCUT2D eigenvalue weighted by molar-refractivity contribution is 6.31. The average Bonchev–Trinajstić information content (AvgIpc) is 3.25. The van der Waals surface area contributed by atoms with Crippen LogP contribution in [0.5, 0.6) is 0 Å². The zero-order valence-electron chi connectivity index (χ0n) is 16.1. The molecule has 1 aromatic heterocycles. The van der Waals surface area contributed by atoms with E-state index < -0.39 is 17.1 Å². The van der Waals surface area contributed by atoms with E-state index in [0.29, 0.717) is 29.1 Å². The number of nitrogens with two attached hydrogens (primary N) is 1. The fourth-order valence-corrected chi connectivity index (χ4v) is 4.13. The molecule has 8 nitrogen and oxygen atoms in total. The Hall–Kier alpha value is -2.61. The molecule has 9 heteroatoms. The molecule has 150 valence electrons. The maximum absolute atomic E-state index is 13.2. The molecule has 1 aliphatic carbocycles. The summed E-state index contributed by atoms with van der Waals surface area (Å²) >= 11 is 6.12. The van der Waals surface area contributed by atoms with Crippen LogP contribution in [0.1, 0.15) is 50.4 Å². The standard InChI is InChI=1S/C19H24ClN5O3/c1-18(2,3)19(28-17(21)27)8-4-5-15(19)24-16(26)13-11-12(20)6-7-14(13)25-22-9-10-23-25/h6-7,9-11,15H,4-5,8H2,1-3H3,(H2,21,27)(H,24,26)/t15-,19+/m0/s1. The number of carbonyl (C=O) groups is 2. The first-order valence-electron chi connectivity index (χ1n) is 9.09. The Morgan fingerprint density at radius 3 is 2.61 bits per heavy atom. The number of ether oxygens (including phenoxy) is 1. The highest BCUT2D eigenvalue weighted by Gasteiger charge is 2.54. The van der Waals surface area contributed by atoms with Gasteiger partial charge < -0.3 is 15.8 Å². The van der Waals surface area contributed by atoms with Gasteiger partial charge in [0.15, 0.2) is 0 Å². The number of rotatable bonds is 4. The topological polar surface area (TPSA) is 112 Å². The minimum Gasteiger partial charge on any atom is -0.440 e. The van der Waals surface area contributed by atoms with Crippen LogP contribution in [-0.2, 0) is 4.74 Å². The number of primary amides is 1. The first-order valence-corrected chi connectivity index (χ1v) is 9.47. The number of nitrogens with one attached hydrogen (secondary N) is 1.